The Labute approximate surface area is 148 Å². The third-order valence-electron chi connectivity index (χ3n) is 4.89. The van der Waals surface area contributed by atoms with Gasteiger partial charge < -0.3 is 14.5 Å². The van der Waals surface area contributed by atoms with Crippen LogP contribution >= 0.6 is 11.6 Å². The minimum Gasteiger partial charge on any atom is -0.483 e. The molecular formula is C19H22ClN3O. The van der Waals surface area contributed by atoms with Gasteiger partial charge in [0.25, 0.3) is 0 Å². The standard InChI is InChI=1S/C19H22ClN3O/c1-2-22-9-11-23(12-10-22)19-15-5-3-4-6-17(15)24-18-8-7-14(20)13-16(18)21-19/h3-7,13,18H,2,8-12H2,1H3. The zero-order chi connectivity index (χ0) is 16.5. The lowest BCUT2D eigenvalue weighted by atomic mass is 10.1. The molecule has 1 fully saturated rings. The number of nitrogens with zero attached hydrogens (tertiary/aromatic N) is 3. The predicted molar refractivity (Wildman–Crippen MR) is 97.7 cm³/mol. The lowest BCUT2D eigenvalue weighted by Crippen LogP contribution is -2.48. The number of ether oxygens (including phenoxy) is 1. The van der Waals surface area contributed by atoms with Crippen molar-refractivity contribution in [2.45, 2.75) is 19.4 Å². The third-order valence-corrected chi connectivity index (χ3v) is 5.16. The fourth-order valence-electron chi connectivity index (χ4n) is 3.45. The van der Waals surface area contributed by atoms with E-state index in [9.17, 15) is 0 Å². The van der Waals surface area contributed by atoms with Crippen molar-refractivity contribution >= 4 is 17.4 Å². The number of aliphatic imine (C=N–C) groups is 1. The van der Waals surface area contributed by atoms with E-state index in [-0.39, 0.29) is 6.10 Å². The second-order valence-electron chi connectivity index (χ2n) is 6.35. The van der Waals surface area contributed by atoms with Crippen LogP contribution in [0.15, 0.2) is 52.1 Å². The van der Waals surface area contributed by atoms with Crippen molar-refractivity contribution in [2.24, 2.45) is 4.99 Å². The molecule has 2 aliphatic heterocycles. The highest BCUT2D eigenvalue weighted by Gasteiger charge is 2.29. The number of allylic oxidation sites excluding steroid dienone is 2. The van der Waals surface area contributed by atoms with Crippen molar-refractivity contribution in [1.29, 1.82) is 0 Å². The average molecular weight is 344 g/mol. The highest BCUT2D eigenvalue weighted by Crippen LogP contribution is 2.32. The fraction of sp³-hybridized carbons (Fsp3) is 0.421. The Morgan fingerprint density at radius 2 is 2.00 bits per heavy atom. The molecular weight excluding hydrogens is 322 g/mol. The van der Waals surface area contributed by atoms with Crippen molar-refractivity contribution in [3.8, 4) is 5.75 Å². The minimum atomic E-state index is -0.0527. The summed E-state index contributed by atoms with van der Waals surface area (Å²) in [6, 6.07) is 8.21. The fourth-order valence-corrected chi connectivity index (χ4v) is 3.65. The smallest absolute Gasteiger partial charge is 0.144 e. The monoisotopic (exact) mass is 343 g/mol. The molecule has 0 saturated carbocycles. The minimum absolute atomic E-state index is 0.0527. The largest absolute Gasteiger partial charge is 0.483 e. The van der Waals surface area contributed by atoms with Crippen LogP contribution in [0.5, 0.6) is 5.75 Å². The summed E-state index contributed by atoms with van der Waals surface area (Å²) < 4.78 is 6.25. The first-order valence-electron chi connectivity index (χ1n) is 8.64. The molecule has 1 atom stereocenters. The van der Waals surface area contributed by atoms with Crippen LogP contribution in [0, 0.1) is 0 Å². The molecule has 1 saturated heterocycles. The van der Waals surface area contributed by atoms with E-state index in [1.807, 2.05) is 24.3 Å². The number of piperazine rings is 1. The number of benzene rings is 1. The van der Waals surface area contributed by atoms with Crippen LogP contribution in [0.25, 0.3) is 0 Å². The Morgan fingerprint density at radius 1 is 1.21 bits per heavy atom. The molecule has 0 radical (unpaired) electrons. The van der Waals surface area contributed by atoms with E-state index < -0.39 is 0 Å². The van der Waals surface area contributed by atoms with Gasteiger partial charge in [-0.1, -0.05) is 36.7 Å². The summed E-state index contributed by atoms with van der Waals surface area (Å²) in [7, 11) is 0. The Morgan fingerprint density at radius 3 is 2.79 bits per heavy atom. The molecule has 126 valence electrons. The van der Waals surface area contributed by atoms with E-state index in [4.69, 9.17) is 21.3 Å². The van der Waals surface area contributed by atoms with Gasteiger partial charge in [-0.2, -0.15) is 0 Å². The summed E-state index contributed by atoms with van der Waals surface area (Å²) in [5, 5.41) is 0.745. The molecule has 24 heavy (non-hydrogen) atoms. The molecule has 4 nitrogen and oxygen atoms in total. The first-order chi connectivity index (χ1) is 11.7. The van der Waals surface area contributed by atoms with Crippen LogP contribution < -0.4 is 4.74 Å². The number of halogens is 1. The SMILES string of the molecule is CCN1CCN(C2=NC3=CC(Cl)=CCC3Oc3ccccc32)CC1. The Hall–Kier alpha value is -1.78. The first kappa shape index (κ1) is 15.7. The number of hydrogen-bond acceptors (Lipinski definition) is 4. The molecule has 4 rings (SSSR count). The van der Waals surface area contributed by atoms with E-state index in [1.165, 1.54) is 0 Å². The summed E-state index contributed by atoms with van der Waals surface area (Å²) in [4.78, 5) is 9.85. The molecule has 2 heterocycles. The van der Waals surface area contributed by atoms with Crippen molar-refractivity contribution in [1.82, 2.24) is 9.80 Å². The normalized spacial score (nSPS) is 24.0. The first-order valence-corrected chi connectivity index (χ1v) is 9.01. The maximum absolute atomic E-state index is 6.25. The van der Waals surface area contributed by atoms with Crippen LogP contribution in [0.2, 0.25) is 0 Å². The Kier molecular flexibility index (Phi) is 4.33. The number of rotatable bonds is 1. The van der Waals surface area contributed by atoms with Crippen molar-refractivity contribution < 1.29 is 4.74 Å². The van der Waals surface area contributed by atoms with Crippen LogP contribution in [-0.4, -0.2) is 54.5 Å². The molecule has 0 N–H and O–H groups in total. The highest BCUT2D eigenvalue weighted by atomic mass is 35.5. The van der Waals surface area contributed by atoms with Gasteiger partial charge >= 0.3 is 0 Å². The maximum atomic E-state index is 6.25. The van der Waals surface area contributed by atoms with Crippen LogP contribution in [0.3, 0.4) is 0 Å². The molecule has 0 spiro atoms. The van der Waals surface area contributed by atoms with E-state index in [0.717, 1.165) is 67.0 Å². The summed E-state index contributed by atoms with van der Waals surface area (Å²) in [6.07, 6.45) is 4.64. The lowest BCUT2D eigenvalue weighted by molar-refractivity contribution is 0.190. The summed E-state index contributed by atoms with van der Waals surface area (Å²) in [5.74, 6) is 1.93. The molecule has 1 aromatic rings. The van der Waals surface area contributed by atoms with Gasteiger partial charge in [-0.3, -0.25) is 0 Å². The zero-order valence-electron chi connectivity index (χ0n) is 13.9. The number of amidine groups is 1. The molecule has 0 aromatic heterocycles. The van der Waals surface area contributed by atoms with Gasteiger partial charge in [-0.25, -0.2) is 4.99 Å². The highest BCUT2D eigenvalue weighted by molar-refractivity contribution is 6.31. The number of para-hydroxylation sites is 1. The lowest BCUT2D eigenvalue weighted by Gasteiger charge is -2.36. The molecule has 0 bridgehead atoms. The van der Waals surface area contributed by atoms with Gasteiger partial charge in [0.05, 0.1) is 11.3 Å². The molecule has 5 heteroatoms. The molecule has 1 aliphatic carbocycles. The second-order valence-corrected chi connectivity index (χ2v) is 6.79. The Bertz CT molecular complexity index is 717. The second kappa shape index (κ2) is 6.61. The van der Waals surface area contributed by atoms with Gasteiger partial charge in [-0.15, -0.1) is 0 Å². The third kappa shape index (κ3) is 2.96. The van der Waals surface area contributed by atoms with E-state index >= 15 is 0 Å². The van der Waals surface area contributed by atoms with Crippen LogP contribution in [-0.2, 0) is 0 Å². The van der Waals surface area contributed by atoms with E-state index in [2.05, 4.69) is 28.9 Å². The van der Waals surface area contributed by atoms with Crippen molar-refractivity contribution in [3.05, 3.63) is 52.7 Å². The predicted octanol–water partition coefficient (Wildman–Crippen LogP) is 3.24. The van der Waals surface area contributed by atoms with E-state index in [1.54, 1.807) is 0 Å². The van der Waals surface area contributed by atoms with Crippen molar-refractivity contribution in [3.63, 3.8) is 0 Å². The molecule has 0 amide bonds. The van der Waals surface area contributed by atoms with Gasteiger partial charge in [0, 0.05) is 37.6 Å². The number of hydrogen-bond donors (Lipinski definition) is 0. The maximum Gasteiger partial charge on any atom is 0.144 e. The van der Waals surface area contributed by atoms with Gasteiger partial charge in [0.1, 0.15) is 17.7 Å². The quantitative estimate of drug-likeness (QED) is 0.783. The Balaban J connectivity index is 1.72. The summed E-state index contributed by atoms with van der Waals surface area (Å²) in [6.45, 7) is 7.44. The number of likely N-dealkylation sites (N-methyl/N-ethyl adjacent to an activating group) is 1. The zero-order valence-corrected chi connectivity index (χ0v) is 14.7. The van der Waals surface area contributed by atoms with Gasteiger partial charge in [0.15, 0.2) is 0 Å². The van der Waals surface area contributed by atoms with E-state index in [0.29, 0.717) is 0 Å². The molecule has 3 aliphatic rings. The van der Waals surface area contributed by atoms with Crippen LogP contribution in [0.4, 0.5) is 0 Å². The molecule has 1 unspecified atom stereocenters. The van der Waals surface area contributed by atoms with Gasteiger partial charge in [0.2, 0.25) is 0 Å². The number of fused-ring (bicyclic) bond motifs is 2. The molecule has 1 aromatic carbocycles. The summed E-state index contributed by atoms with van der Waals surface area (Å²) >= 11 is 6.21. The summed E-state index contributed by atoms with van der Waals surface area (Å²) in [5.41, 5.74) is 2.00. The van der Waals surface area contributed by atoms with Gasteiger partial charge in [-0.05, 0) is 24.8 Å². The average Bonchev–Trinajstić information content (AvgIpc) is 2.78. The topological polar surface area (TPSA) is 28.1 Å². The van der Waals surface area contributed by atoms with Crippen LogP contribution in [0.1, 0.15) is 18.9 Å². The van der Waals surface area contributed by atoms with Crippen molar-refractivity contribution in [2.75, 3.05) is 32.7 Å².